The molecule has 0 aliphatic carbocycles. The summed E-state index contributed by atoms with van der Waals surface area (Å²) >= 11 is 0. The van der Waals surface area contributed by atoms with Crippen molar-refractivity contribution in [3.05, 3.63) is 28.3 Å². The van der Waals surface area contributed by atoms with Gasteiger partial charge in [0.1, 0.15) is 5.82 Å². The second kappa shape index (κ2) is 2.85. The Morgan fingerprint density at radius 3 is 2.55 bits per heavy atom. The van der Waals surface area contributed by atoms with Gasteiger partial charge in [-0.15, -0.1) is 0 Å². The van der Waals surface area contributed by atoms with Crippen molar-refractivity contribution in [2.45, 2.75) is 0 Å². The van der Waals surface area contributed by atoms with Crippen molar-refractivity contribution in [1.82, 2.24) is 4.98 Å². The van der Waals surface area contributed by atoms with E-state index in [0.717, 1.165) is 6.07 Å². The Labute approximate surface area is 61.5 Å². The van der Waals surface area contributed by atoms with Gasteiger partial charge >= 0.3 is 7.12 Å². The maximum atomic E-state index is 12.3. The Kier molecular flexibility index (Phi) is 2.07. The van der Waals surface area contributed by atoms with Crippen LogP contribution < -0.4 is 11.2 Å². The first kappa shape index (κ1) is 7.97. The zero-order chi connectivity index (χ0) is 8.43. The van der Waals surface area contributed by atoms with Gasteiger partial charge in [-0.05, 0) is 6.07 Å². The lowest BCUT2D eigenvalue weighted by atomic mass is 9.86. The third kappa shape index (κ3) is 1.89. The van der Waals surface area contributed by atoms with Gasteiger partial charge in [-0.3, -0.25) is 4.79 Å². The van der Waals surface area contributed by atoms with Crippen LogP contribution in [0.2, 0.25) is 0 Å². The largest absolute Gasteiger partial charge is 0.505 e. The van der Waals surface area contributed by atoms with Crippen LogP contribution in [0.3, 0.4) is 0 Å². The number of H-pyrrole nitrogens is 1. The predicted octanol–water partition coefficient (Wildman–Crippen LogP) is -1.81. The van der Waals surface area contributed by atoms with E-state index in [9.17, 15) is 9.18 Å². The van der Waals surface area contributed by atoms with Gasteiger partial charge in [0.2, 0.25) is 0 Å². The third-order valence-electron chi connectivity index (χ3n) is 1.11. The molecule has 0 saturated heterocycles. The molecule has 0 aliphatic heterocycles. The average Bonchev–Trinajstić information content (AvgIpc) is 1.85. The zero-order valence-corrected chi connectivity index (χ0v) is 5.41. The predicted molar refractivity (Wildman–Crippen MR) is 36.8 cm³/mol. The highest BCUT2D eigenvalue weighted by atomic mass is 19.1. The van der Waals surface area contributed by atoms with Crippen LogP contribution in [0, 0.1) is 5.82 Å². The minimum Gasteiger partial charge on any atom is -0.422 e. The van der Waals surface area contributed by atoms with Gasteiger partial charge in [-0.1, -0.05) is 0 Å². The summed E-state index contributed by atoms with van der Waals surface area (Å²) in [5.74, 6) is -0.795. The van der Waals surface area contributed by atoms with E-state index in [1.165, 1.54) is 0 Å². The van der Waals surface area contributed by atoms with Crippen molar-refractivity contribution in [1.29, 1.82) is 0 Å². The van der Waals surface area contributed by atoms with Crippen LogP contribution in [0.5, 0.6) is 0 Å². The highest BCUT2D eigenvalue weighted by Gasteiger charge is 2.12. The van der Waals surface area contributed by atoms with Crippen molar-refractivity contribution in [3.63, 3.8) is 0 Å². The van der Waals surface area contributed by atoms with E-state index >= 15 is 0 Å². The molecule has 0 spiro atoms. The summed E-state index contributed by atoms with van der Waals surface area (Å²) in [6, 6.07) is 1.55. The molecule has 0 fully saturated rings. The van der Waals surface area contributed by atoms with Crippen LogP contribution >= 0.6 is 0 Å². The molecule has 0 aromatic carbocycles. The quantitative estimate of drug-likeness (QED) is 0.420. The van der Waals surface area contributed by atoms with E-state index in [2.05, 4.69) is 4.98 Å². The molecule has 58 valence electrons. The molecule has 0 saturated carbocycles. The first-order valence-corrected chi connectivity index (χ1v) is 2.85. The second-order valence-corrected chi connectivity index (χ2v) is 1.99. The molecule has 0 amide bonds. The molecule has 6 heteroatoms. The van der Waals surface area contributed by atoms with E-state index in [1.807, 2.05) is 0 Å². The highest BCUT2D eigenvalue weighted by molar-refractivity contribution is 6.57. The van der Waals surface area contributed by atoms with Crippen molar-refractivity contribution in [3.8, 4) is 0 Å². The summed E-state index contributed by atoms with van der Waals surface area (Å²) in [6.45, 7) is 0. The van der Waals surface area contributed by atoms with E-state index in [4.69, 9.17) is 10.0 Å². The van der Waals surface area contributed by atoms with Gasteiger partial charge < -0.3 is 15.0 Å². The first-order chi connectivity index (χ1) is 5.09. The van der Waals surface area contributed by atoms with Crippen LogP contribution in [0.1, 0.15) is 0 Å². The fraction of sp³-hybridized carbons (Fsp3) is 0. The van der Waals surface area contributed by atoms with Gasteiger partial charge in [-0.2, -0.15) is 0 Å². The van der Waals surface area contributed by atoms with Crippen molar-refractivity contribution in [2.24, 2.45) is 0 Å². The summed E-state index contributed by atoms with van der Waals surface area (Å²) in [7, 11) is -1.85. The number of rotatable bonds is 1. The summed E-state index contributed by atoms with van der Waals surface area (Å²) in [6.07, 6.45) is 0. The van der Waals surface area contributed by atoms with E-state index in [1.54, 1.807) is 0 Å². The summed E-state index contributed by atoms with van der Waals surface area (Å²) in [5.41, 5.74) is -0.955. The lowest BCUT2D eigenvalue weighted by molar-refractivity contribution is 0.423. The molecular weight excluding hydrogens is 152 g/mol. The SMILES string of the molecule is O=c1cc(F)cc(B(O)O)[nH]1. The average molecular weight is 157 g/mol. The van der Waals surface area contributed by atoms with E-state index in [0.29, 0.717) is 6.07 Å². The maximum Gasteiger partial charge on any atom is 0.505 e. The normalized spacial score (nSPS) is 9.73. The maximum absolute atomic E-state index is 12.3. The Morgan fingerprint density at radius 2 is 2.09 bits per heavy atom. The van der Waals surface area contributed by atoms with Gasteiger partial charge in [0.15, 0.2) is 0 Å². The molecule has 0 atom stereocenters. The van der Waals surface area contributed by atoms with Crippen LogP contribution in [0.15, 0.2) is 16.9 Å². The monoisotopic (exact) mass is 157 g/mol. The highest BCUT2D eigenvalue weighted by Crippen LogP contribution is 1.85. The van der Waals surface area contributed by atoms with Gasteiger partial charge in [0.05, 0.1) is 5.59 Å². The molecule has 0 aliphatic rings. The molecule has 0 radical (unpaired) electrons. The van der Waals surface area contributed by atoms with Crippen molar-refractivity contribution < 1.29 is 14.4 Å². The first-order valence-electron chi connectivity index (χ1n) is 2.85. The van der Waals surface area contributed by atoms with E-state index in [-0.39, 0.29) is 5.59 Å². The molecule has 11 heavy (non-hydrogen) atoms. The number of nitrogens with one attached hydrogen (secondary N) is 1. The van der Waals surface area contributed by atoms with Crippen molar-refractivity contribution >= 4 is 12.7 Å². The fourth-order valence-electron chi connectivity index (χ4n) is 0.669. The molecular formula is C5H5BFNO3. The van der Waals surface area contributed by atoms with Gasteiger partial charge in [-0.25, -0.2) is 4.39 Å². The van der Waals surface area contributed by atoms with Crippen LogP contribution in [-0.4, -0.2) is 22.2 Å². The Balaban J connectivity index is 3.19. The van der Waals surface area contributed by atoms with E-state index < -0.39 is 18.5 Å². The minimum atomic E-state index is -1.85. The Bertz CT molecular complexity index is 311. The van der Waals surface area contributed by atoms with Crippen LogP contribution in [0.4, 0.5) is 4.39 Å². The lowest BCUT2D eigenvalue weighted by Crippen LogP contribution is -2.36. The molecule has 1 aromatic rings. The number of aromatic amines is 1. The van der Waals surface area contributed by atoms with Crippen LogP contribution in [-0.2, 0) is 0 Å². The number of aromatic nitrogens is 1. The molecule has 0 bridgehead atoms. The van der Waals surface area contributed by atoms with Crippen LogP contribution in [0.25, 0.3) is 0 Å². The van der Waals surface area contributed by atoms with Gasteiger partial charge in [0.25, 0.3) is 5.56 Å². The number of pyridine rings is 1. The molecule has 1 rings (SSSR count). The molecule has 1 heterocycles. The summed E-state index contributed by atoms with van der Waals surface area (Å²) < 4.78 is 12.3. The standard InChI is InChI=1S/C5H5BFNO3/c7-3-1-4(6(10)11)8-5(9)2-3/h1-2,10-11H,(H,8,9). The van der Waals surface area contributed by atoms with Crippen molar-refractivity contribution in [2.75, 3.05) is 0 Å². The smallest absolute Gasteiger partial charge is 0.422 e. The number of halogens is 1. The molecule has 4 nitrogen and oxygen atoms in total. The molecule has 1 aromatic heterocycles. The number of hydrogen-bond acceptors (Lipinski definition) is 3. The Morgan fingerprint density at radius 1 is 1.45 bits per heavy atom. The minimum absolute atomic E-state index is 0.255. The second-order valence-electron chi connectivity index (χ2n) is 1.99. The topological polar surface area (TPSA) is 73.3 Å². The van der Waals surface area contributed by atoms with Gasteiger partial charge in [0, 0.05) is 6.07 Å². The lowest BCUT2D eigenvalue weighted by Gasteiger charge is -1.96. The molecule has 3 N–H and O–H groups in total. The Hall–Kier alpha value is -1.14. The third-order valence-corrected chi connectivity index (χ3v) is 1.11. The summed E-state index contributed by atoms with van der Waals surface area (Å²) in [5, 5.41) is 17.0. The number of hydrogen-bond donors (Lipinski definition) is 3. The molecule has 0 unspecified atom stereocenters. The summed E-state index contributed by atoms with van der Waals surface area (Å²) in [4.78, 5) is 12.5. The zero-order valence-electron chi connectivity index (χ0n) is 5.41. The fourth-order valence-corrected chi connectivity index (χ4v) is 0.669.